The summed E-state index contributed by atoms with van der Waals surface area (Å²) in [5.74, 6) is 2.01. The maximum absolute atomic E-state index is 12.4. The molecule has 1 saturated heterocycles. The van der Waals surface area contributed by atoms with E-state index in [1.165, 1.54) is 0 Å². The number of carbonyl (C=O) groups is 2. The Balaban J connectivity index is 0.00000219. The van der Waals surface area contributed by atoms with Crippen molar-refractivity contribution >= 4 is 12.0 Å². The van der Waals surface area contributed by atoms with Gasteiger partial charge in [0, 0.05) is 9.40 Å². The van der Waals surface area contributed by atoms with E-state index in [1.807, 2.05) is 18.7 Å². The lowest BCUT2D eigenvalue weighted by Gasteiger charge is -2.32. The summed E-state index contributed by atoms with van der Waals surface area (Å²) in [6.45, 7) is 14.0. The molecule has 4 atom stereocenters. The first-order valence-corrected chi connectivity index (χ1v) is 11.2. The SMILES string of the molecule is CC.CC1C2CC(OC(=O)N[C@H](COCN3CCC[C@H]3C(N)=O)C(C)(C)C)CC12.[HH].[HH]. The fourth-order valence-electron chi connectivity index (χ4n) is 4.64. The molecule has 7 nitrogen and oxygen atoms in total. The molecule has 3 aliphatic rings. The first-order chi connectivity index (χ1) is 13.7. The molecule has 3 fully saturated rings. The fraction of sp³-hybridized carbons (Fsp3) is 0.909. The minimum atomic E-state index is -0.353. The highest BCUT2D eigenvalue weighted by Gasteiger charge is 2.54. The van der Waals surface area contributed by atoms with Crippen LogP contribution in [0, 0.1) is 23.2 Å². The van der Waals surface area contributed by atoms with E-state index in [2.05, 4.69) is 33.0 Å². The topological polar surface area (TPSA) is 93.9 Å². The highest BCUT2D eigenvalue weighted by Crippen LogP contribution is 2.57. The molecule has 29 heavy (non-hydrogen) atoms. The van der Waals surface area contributed by atoms with Gasteiger partial charge < -0.3 is 20.5 Å². The van der Waals surface area contributed by atoms with Crippen LogP contribution in [0.1, 0.15) is 70.1 Å². The Labute approximate surface area is 179 Å². The molecule has 1 aliphatic heterocycles. The summed E-state index contributed by atoms with van der Waals surface area (Å²) in [6, 6.07) is -0.415. The van der Waals surface area contributed by atoms with Crippen molar-refractivity contribution in [3.63, 3.8) is 0 Å². The molecule has 0 spiro atoms. The molecule has 7 heteroatoms. The Morgan fingerprint density at radius 2 is 1.86 bits per heavy atom. The zero-order chi connectivity index (χ0) is 21.8. The molecule has 0 bridgehead atoms. The van der Waals surface area contributed by atoms with Crippen LogP contribution in [0.2, 0.25) is 0 Å². The second-order valence-corrected chi connectivity index (χ2v) is 9.62. The van der Waals surface area contributed by atoms with Crippen molar-refractivity contribution in [3.05, 3.63) is 0 Å². The number of hydrogen-bond donors (Lipinski definition) is 2. The van der Waals surface area contributed by atoms with Crippen molar-refractivity contribution in [2.24, 2.45) is 28.9 Å². The summed E-state index contributed by atoms with van der Waals surface area (Å²) in [5, 5.41) is 2.99. The van der Waals surface area contributed by atoms with Gasteiger partial charge in [0.05, 0.1) is 25.4 Å². The fourth-order valence-corrected chi connectivity index (χ4v) is 4.64. The number of likely N-dealkylation sites (tertiary alicyclic amines) is 1. The third-order valence-corrected chi connectivity index (χ3v) is 6.67. The molecule has 0 aromatic rings. The van der Waals surface area contributed by atoms with Gasteiger partial charge in [-0.2, -0.15) is 0 Å². The van der Waals surface area contributed by atoms with E-state index in [1.54, 1.807) is 0 Å². The molecule has 0 aromatic heterocycles. The minimum Gasteiger partial charge on any atom is -0.446 e. The Kier molecular flexibility index (Phi) is 8.35. The smallest absolute Gasteiger partial charge is 0.407 e. The van der Waals surface area contributed by atoms with E-state index < -0.39 is 0 Å². The Hall–Kier alpha value is -1.34. The number of fused-ring (bicyclic) bond motifs is 1. The molecule has 0 radical (unpaired) electrons. The molecule has 2 unspecified atom stereocenters. The van der Waals surface area contributed by atoms with E-state index >= 15 is 0 Å². The van der Waals surface area contributed by atoms with Crippen molar-refractivity contribution in [2.75, 3.05) is 19.9 Å². The standard InChI is InChI=1S/C20H35N3O4.C2H6.2H2/c1-12-14-8-13(9-15(12)14)27-19(25)22-17(20(2,3)4)10-26-11-23-7-5-6-16(23)18(21)24;1-2;;/h12-17H,5-11H2,1-4H3,(H2,21,24)(H,22,25);1-2H3;2*1H/t12?,13?,14?,15?,16-,17+;;;/m0.../s1. The molecule has 2 amide bonds. The number of alkyl carbamates (subject to hydrolysis) is 1. The maximum atomic E-state index is 12.4. The van der Waals surface area contributed by atoms with Gasteiger partial charge in [0.1, 0.15) is 6.10 Å². The van der Waals surface area contributed by atoms with Gasteiger partial charge in [0.25, 0.3) is 0 Å². The van der Waals surface area contributed by atoms with Crippen molar-refractivity contribution in [1.29, 1.82) is 0 Å². The van der Waals surface area contributed by atoms with Crippen LogP contribution in [0.15, 0.2) is 0 Å². The van der Waals surface area contributed by atoms with Gasteiger partial charge in [-0.3, -0.25) is 9.69 Å². The number of amides is 2. The largest absolute Gasteiger partial charge is 0.446 e. The van der Waals surface area contributed by atoms with Crippen LogP contribution in [-0.4, -0.2) is 55.0 Å². The lowest BCUT2D eigenvalue weighted by molar-refractivity contribution is -0.124. The normalized spacial score (nSPS) is 32.0. The second-order valence-electron chi connectivity index (χ2n) is 9.62. The average molecular weight is 416 g/mol. The molecule has 3 rings (SSSR count). The Morgan fingerprint density at radius 3 is 2.41 bits per heavy atom. The molecular weight excluding hydrogens is 370 g/mol. The highest BCUT2D eigenvalue weighted by atomic mass is 16.6. The third-order valence-electron chi connectivity index (χ3n) is 6.67. The van der Waals surface area contributed by atoms with Gasteiger partial charge in [-0.25, -0.2) is 4.79 Å². The molecule has 3 N–H and O–H groups in total. The molecule has 1 heterocycles. The van der Waals surface area contributed by atoms with Crippen LogP contribution < -0.4 is 11.1 Å². The number of carbonyl (C=O) groups excluding carboxylic acids is 2. The first kappa shape index (κ1) is 23.9. The summed E-state index contributed by atoms with van der Waals surface area (Å²) in [5.41, 5.74) is 5.28. The van der Waals surface area contributed by atoms with Crippen molar-refractivity contribution in [2.45, 2.75) is 85.4 Å². The third kappa shape index (κ3) is 6.32. The minimum absolute atomic E-state index is 0. The van der Waals surface area contributed by atoms with Gasteiger partial charge in [-0.1, -0.05) is 41.5 Å². The van der Waals surface area contributed by atoms with Gasteiger partial charge in [-0.05, 0) is 48.9 Å². The Morgan fingerprint density at radius 1 is 1.24 bits per heavy atom. The molecule has 172 valence electrons. The number of nitrogens with one attached hydrogen (secondary N) is 1. The Bertz CT molecular complexity index is 561. The molecular formula is C22H45N3O4. The van der Waals surface area contributed by atoms with E-state index in [0.717, 1.165) is 50.0 Å². The maximum Gasteiger partial charge on any atom is 0.407 e. The second kappa shape index (κ2) is 10.1. The van der Waals surface area contributed by atoms with Crippen molar-refractivity contribution in [1.82, 2.24) is 10.2 Å². The summed E-state index contributed by atoms with van der Waals surface area (Å²) in [6.07, 6.45) is 3.44. The van der Waals surface area contributed by atoms with Crippen molar-refractivity contribution < 1.29 is 21.9 Å². The molecule has 0 aromatic carbocycles. The number of primary amides is 1. The summed E-state index contributed by atoms with van der Waals surface area (Å²) in [7, 11) is 0. The molecule has 2 aliphatic carbocycles. The van der Waals surface area contributed by atoms with Crippen LogP contribution in [0.4, 0.5) is 4.79 Å². The van der Waals surface area contributed by atoms with Crippen LogP contribution >= 0.6 is 0 Å². The number of ether oxygens (including phenoxy) is 2. The number of rotatable bonds is 7. The predicted octanol–water partition coefficient (Wildman–Crippen LogP) is 3.61. The average Bonchev–Trinajstić information content (AvgIpc) is 3.04. The monoisotopic (exact) mass is 415 g/mol. The predicted molar refractivity (Wildman–Crippen MR) is 117 cm³/mol. The van der Waals surface area contributed by atoms with E-state index in [9.17, 15) is 9.59 Å². The zero-order valence-corrected chi connectivity index (χ0v) is 19.1. The van der Waals surface area contributed by atoms with E-state index in [-0.39, 0.29) is 38.5 Å². The number of nitrogens with two attached hydrogens (primary N) is 1. The summed E-state index contributed by atoms with van der Waals surface area (Å²) in [4.78, 5) is 25.8. The lowest BCUT2D eigenvalue weighted by Crippen LogP contribution is -2.48. The summed E-state index contributed by atoms with van der Waals surface area (Å²) >= 11 is 0. The van der Waals surface area contributed by atoms with E-state index in [4.69, 9.17) is 15.2 Å². The lowest BCUT2D eigenvalue weighted by atomic mass is 9.87. The van der Waals surface area contributed by atoms with Gasteiger partial charge in [0.15, 0.2) is 0 Å². The van der Waals surface area contributed by atoms with E-state index in [0.29, 0.717) is 13.3 Å². The van der Waals surface area contributed by atoms with Gasteiger partial charge in [0.2, 0.25) is 5.91 Å². The summed E-state index contributed by atoms with van der Waals surface area (Å²) < 4.78 is 11.5. The molecule has 2 saturated carbocycles. The van der Waals surface area contributed by atoms with Crippen LogP contribution in [0.3, 0.4) is 0 Å². The van der Waals surface area contributed by atoms with Gasteiger partial charge >= 0.3 is 6.09 Å². The van der Waals surface area contributed by atoms with Crippen molar-refractivity contribution in [3.8, 4) is 0 Å². The number of nitrogens with zero attached hydrogens (tertiary/aromatic N) is 1. The van der Waals surface area contributed by atoms with Gasteiger partial charge in [-0.15, -0.1) is 0 Å². The van der Waals surface area contributed by atoms with Crippen LogP contribution in [0.25, 0.3) is 0 Å². The number of hydrogen-bond acceptors (Lipinski definition) is 5. The quantitative estimate of drug-likeness (QED) is 0.662. The van der Waals surface area contributed by atoms with Crippen LogP contribution in [-0.2, 0) is 14.3 Å². The zero-order valence-electron chi connectivity index (χ0n) is 19.1. The first-order valence-electron chi connectivity index (χ1n) is 11.2. The highest BCUT2D eigenvalue weighted by molar-refractivity contribution is 5.80. The van der Waals surface area contributed by atoms with Crippen LogP contribution in [0.5, 0.6) is 0 Å².